The van der Waals surface area contributed by atoms with Crippen LogP contribution in [0.15, 0.2) is 18.3 Å². The van der Waals surface area contributed by atoms with Crippen LogP contribution in [0.2, 0.25) is 0 Å². The maximum absolute atomic E-state index is 12.3. The van der Waals surface area contributed by atoms with E-state index < -0.39 is 0 Å². The average Bonchev–Trinajstić information content (AvgIpc) is 2.47. The molecule has 1 aromatic heterocycles. The first-order valence-corrected chi connectivity index (χ1v) is 7.77. The Hall–Kier alpha value is -1.66. The van der Waals surface area contributed by atoms with Gasteiger partial charge < -0.3 is 15.4 Å². The van der Waals surface area contributed by atoms with E-state index in [0.29, 0.717) is 11.4 Å². The van der Waals surface area contributed by atoms with Crippen molar-refractivity contribution in [1.29, 1.82) is 0 Å². The minimum atomic E-state index is -0.266. The van der Waals surface area contributed by atoms with Crippen LogP contribution in [-0.4, -0.2) is 60.7 Å². The summed E-state index contributed by atoms with van der Waals surface area (Å²) >= 11 is 0. The molecule has 0 radical (unpaired) electrons. The van der Waals surface area contributed by atoms with Crippen LogP contribution in [0.1, 0.15) is 31.1 Å². The van der Waals surface area contributed by atoms with Gasteiger partial charge in [-0.25, -0.2) is 4.98 Å². The zero-order chi connectivity index (χ0) is 16.0. The lowest BCUT2D eigenvalue weighted by Crippen LogP contribution is -2.41. The van der Waals surface area contributed by atoms with Crippen LogP contribution in [-0.2, 0) is 4.74 Å². The normalized spacial score (nSPS) is 16.3. The zero-order valence-electron chi connectivity index (χ0n) is 13.7. The molecule has 6 heteroatoms. The Morgan fingerprint density at radius 1 is 1.36 bits per heavy atom. The van der Waals surface area contributed by atoms with Gasteiger partial charge in [-0.3, -0.25) is 9.69 Å². The molecule has 6 nitrogen and oxygen atoms in total. The van der Waals surface area contributed by atoms with Crippen LogP contribution in [0.3, 0.4) is 0 Å². The van der Waals surface area contributed by atoms with Crippen LogP contribution in [0.25, 0.3) is 0 Å². The summed E-state index contributed by atoms with van der Waals surface area (Å²) in [6, 6.07) is 3.58. The Labute approximate surface area is 132 Å². The molecule has 22 heavy (non-hydrogen) atoms. The smallest absolute Gasteiger partial charge is 0.255 e. The van der Waals surface area contributed by atoms with Gasteiger partial charge >= 0.3 is 0 Å². The molecular weight excluding hydrogens is 280 g/mol. The summed E-state index contributed by atoms with van der Waals surface area (Å²) in [6.45, 7) is 11.1. The Morgan fingerprint density at radius 3 is 2.77 bits per heavy atom. The van der Waals surface area contributed by atoms with Crippen molar-refractivity contribution in [2.45, 2.75) is 26.3 Å². The number of morpholine rings is 1. The predicted molar refractivity (Wildman–Crippen MR) is 87.2 cm³/mol. The molecule has 1 aliphatic rings. The van der Waals surface area contributed by atoms with Gasteiger partial charge in [-0.05, 0) is 32.9 Å². The van der Waals surface area contributed by atoms with Gasteiger partial charge in [0.05, 0.1) is 18.8 Å². The van der Waals surface area contributed by atoms with Gasteiger partial charge in [0.15, 0.2) is 0 Å². The number of amides is 1. The van der Waals surface area contributed by atoms with Crippen molar-refractivity contribution >= 4 is 11.7 Å². The van der Waals surface area contributed by atoms with Gasteiger partial charge in [0.1, 0.15) is 5.82 Å². The minimum absolute atomic E-state index is 0.102. The molecule has 122 valence electrons. The second-order valence-electron chi connectivity index (χ2n) is 6.48. The number of hydrogen-bond acceptors (Lipinski definition) is 5. The Morgan fingerprint density at radius 2 is 2.09 bits per heavy atom. The fraction of sp³-hybridized carbons (Fsp3) is 0.625. The van der Waals surface area contributed by atoms with Crippen molar-refractivity contribution in [1.82, 2.24) is 15.2 Å². The second kappa shape index (κ2) is 7.56. The number of nitrogens with one attached hydrogen (secondary N) is 2. The lowest BCUT2D eigenvalue weighted by Gasteiger charge is -2.26. The molecule has 1 aromatic rings. The van der Waals surface area contributed by atoms with Crippen molar-refractivity contribution < 1.29 is 9.53 Å². The molecule has 0 saturated carbocycles. The molecule has 2 rings (SSSR count). The van der Waals surface area contributed by atoms with Crippen LogP contribution in [0, 0.1) is 0 Å². The molecule has 1 saturated heterocycles. The Kier molecular flexibility index (Phi) is 5.74. The SMILES string of the molecule is CC(C)(C)NC(=O)c1cccnc1NCCN1CCOCC1. The molecule has 0 unspecified atom stereocenters. The van der Waals surface area contributed by atoms with E-state index in [4.69, 9.17) is 4.74 Å². The van der Waals surface area contributed by atoms with E-state index in [1.54, 1.807) is 18.3 Å². The van der Waals surface area contributed by atoms with Crippen molar-refractivity contribution in [3.8, 4) is 0 Å². The topological polar surface area (TPSA) is 66.5 Å². The van der Waals surface area contributed by atoms with Gasteiger partial charge in [-0.2, -0.15) is 0 Å². The number of rotatable bonds is 5. The molecule has 0 aliphatic carbocycles. The summed E-state index contributed by atoms with van der Waals surface area (Å²) in [7, 11) is 0. The van der Waals surface area contributed by atoms with Crippen LogP contribution >= 0.6 is 0 Å². The monoisotopic (exact) mass is 306 g/mol. The summed E-state index contributed by atoms with van der Waals surface area (Å²) in [4.78, 5) is 19.0. The number of carbonyl (C=O) groups is 1. The summed E-state index contributed by atoms with van der Waals surface area (Å²) in [5.74, 6) is 0.534. The van der Waals surface area contributed by atoms with E-state index in [9.17, 15) is 4.79 Å². The molecule has 0 bridgehead atoms. The summed E-state index contributed by atoms with van der Waals surface area (Å²) in [5.41, 5.74) is 0.317. The largest absolute Gasteiger partial charge is 0.379 e. The van der Waals surface area contributed by atoms with Crippen LogP contribution in [0.5, 0.6) is 0 Å². The van der Waals surface area contributed by atoms with Gasteiger partial charge in [-0.15, -0.1) is 0 Å². The standard InChI is InChI=1S/C16H26N4O2/c1-16(2,3)19-15(21)13-5-4-6-17-14(13)18-7-8-20-9-11-22-12-10-20/h4-6H,7-12H2,1-3H3,(H,17,18)(H,19,21). The number of carbonyl (C=O) groups excluding carboxylic acids is 1. The third-order valence-corrected chi connectivity index (χ3v) is 3.37. The van der Waals surface area contributed by atoms with Crippen molar-refractivity contribution in [2.24, 2.45) is 0 Å². The van der Waals surface area contributed by atoms with Crippen molar-refractivity contribution in [2.75, 3.05) is 44.7 Å². The first kappa shape index (κ1) is 16.7. The van der Waals surface area contributed by atoms with Gasteiger partial charge in [-0.1, -0.05) is 0 Å². The number of nitrogens with zero attached hydrogens (tertiary/aromatic N) is 2. The number of pyridine rings is 1. The minimum Gasteiger partial charge on any atom is -0.379 e. The van der Waals surface area contributed by atoms with E-state index in [1.807, 2.05) is 20.8 Å². The van der Waals surface area contributed by atoms with E-state index in [1.165, 1.54) is 0 Å². The second-order valence-corrected chi connectivity index (χ2v) is 6.48. The fourth-order valence-corrected chi connectivity index (χ4v) is 2.29. The Balaban J connectivity index is 1.91. The summed E-state index contributed by atoms with van der Waals surface area (Å²) in [5, 5.41) is 6.24. The summed E-state index contributed by atoms with van der Waals surface area (Å²) < 4.78 is 5.33. The number of ether oxygens (including phenoxy) is 1. The lowest BCUT2D eigenvalue weighted by atomic mass is 10.1. The molecule has 2 N–H and O–H groups in total. The first-order valence-electron chi connectivity index (χ1n) is 7.77. The van der Waals surface area contributed by atoms with Crippen molar-refractivity contribution in [3.05, 3.63) is 23.9 Å². The number of aromatic nitrogens is 1. The zero-order valence-corrected chi connectivity index (χ0v) is 13.7. The molecule has 1 aliphatic heterocycles. The average molecular weight is 306 g/mol. The molecule has 0 spiro atoms. The molecule has 1 amide bonds. The lowest BCUT2D eigenvalue weighted by molar-refractivity contribution is 0.0398. The highest BCUT2D eigenvalue weighted by atomic mass is 16.5. The van der Waals surface area contributed by atoms with Crippen molar-refractivity contribution in [3.63, 3.8) is 0 Å². The molecule has 0 atom stereocenters. The molecule has 0 aromatic carbocycles. The molecular formula is C16H26N4O2. The van der Waals surface area contributed by atoms with Gasteiger partial charge in [0, 0.05) is 37.9 Å². The molecule has 2 heterocycles. The highest BCUT2D eigenvalue weighted by Crippen LogP contribution is 2.13. The van der Waals surface area contributed by atoms with E-state index in [-0.39, 0.29) is 11.4 Å². The van der Waals surface area contributed by atoms with E-state index in [0.717, 1.165) is 39.4 Å². The highest BCUT2D eigenvalue weighted by Gasteiger charge is 2.18. The number of anilines is 1. The Bertz CT molecular complexity index is 493. The van der Waals surface area contributed by atoms with Gasteiger partial charge in [0.25, 0.3) is 5.91 Å². The first-order chi connectivity index (χ1) is 10.5. The fourth-order valence-electron chi connectivity index (χ4n) is 2.29. The summed E-state index contributed by atoms with van der Waals surface area (Å²) in [6.07, 6.45) is 1.70. The van der Waals surface area contributed by atoms with Crippen LogP contribution in [0.4, 0.5) is 5.82 Å². The highest BCUT2D eigenvalue weighted by molar-refractivity contribution is 5.99. The predicted octanol–water partition coefficient (Wildman–Crippen LogP) is 1.35. The van der Waals surface area contributed by atoms with E-state index >= 15 is 0 Å². The third kappa shape index (κ3) is 5.27. The number of hydrogen-bond donors (Lipinski definition) is 2. The van der Waals surface area contributed by atoms with E-state index in [2.05, 4.69) is 20.5 Å². The maximum Gasteiger partial charge on any atom is 0.255 e. The maximum atomic E-state index is 12.3. The third-order valence-electron chi connectivity index (χ3n) is 3.37. The van der Waals surface area contributed by atoms with Crippen LogP contribution < -0.4 is 10.6 Å². The molecule has 1 fully saturated rings. The van der Waals surface area contributed by atoms with Gasteiger partial charge in [0.2, 0.25) is 0 Å². The quantitative estimate of drug-likeness (QED) is 0.860.